The van der Waals surface area contributed by atoms with Crippen molar-refractivity contribution >= 4 is 23.6 Å². The van der Waals surface area contributed by atoms with Gasteiger partial charge in [0.25, 0.3) is 0 Å². The first-order valence-electron chi connectivity index (χ1n) is 13.4. The fourth-order valence-electron chi connectivity index (χ4n) is 8.15. The lowest BCUT2D eigenvalue weighted by Crippen LogP contribution is -2.70. The van der Waals surface area contributed by atoms with E-state index in [1.807, 2.05) is 0 Å². The van der Waals surface area contributed by atoms with Crippen LogP contribution < -0.4 is 5.32 Å². The van der Waals surface area contributed by atoms with Crippen LogP contribution in [0.3, 0.4) is 0 Å². The third-order valence-electron chi connectivity index (χ3n) is 9.73. The second-order valence-corrected chi connectivity index (χ2v) is 13.1. The van der Waals surface area contributed by atoms with Crippen LogP contribution in [0.15, 0.2) is 23.8 Å². The zero-order chi connectivity index (χ0) is 28.5. The van der Waals surface area contributed by atoms with E-state index in [0.29, 0.717) is 24.8 Å². The maximum atomic E-state index is 17.5. The van der Waals surface area contributed by atoms with Crippen LogP contribution in [-0.2, 0) is 23.9 Å². The first-order valence-corrected chi connectivity index (χ1v) is 13.4. The van der Waals surface area contributed by atoms with Gasteiger partial charge in [0, 0.05) is 35.1 Å². The molecule has 3 fully saturated rings. The van der Waals surface area contributed by atoms with Gasteiger partial charge >= 0.3 is 12.1 Å². The number of amides is 1. The number of ketones is 2. The summed E-state index contributed by atoms with van der Waals surface area (Å²) in [5, 5.41) is 14.4. The number of halogens is 1. The number of esters is 1. The summed E-state index contributed by atoms with van der Waals surface area (Å²) in [5.41, 5.74) is -6.13. The molecule has 0 saturated heterocycles. The number of alkyl carbamates (subject to hydrolysis) is 1. The number of alkyl halides is 1. The molecule has 0 aromatic carbocycles. The summed E-state index contributed by atoms with van der Waals surface area (Å²) in [6.45, 7) is 11.2. The summed E-state index contributed by atoms with van der Waals surface area (Å²) < 4.78 is 28.6. The van der Waals surface area contributed by atoms with Crippen molar-refractivity contribution in [3.8, 4) is 0 Å². The van der Waals surface area contributed by atoms with Crippen molar-refractivity contribution in [2.45, 2.75) is 97.1 Å². The summed E-state index contributed by atoms with van der Waals surface area (Å²) in [7, 11) is 0. The molecular weight excluding hydrogens is 493 g/mol. The van der Waals surface area contributed by atoms with Gasteiger partial charge in [-0.1, -0.05) is 25.5 Å². The molecule has 0 aromatic heterocycles. The molecule has 3 saturated carbocycles. The van der Waals surface area contributed by atoms with Gasteiger partial charge in [-0.25, -0.2) is 9.18 Å². The van der Waals surface area contributed by atoms with Crippen LogP contribution in [0.5, 0.6) is 0 Å². The lowest BCUT2D eigenvalue weighted by Gasteiger charge is -2.62. The zero-order valence-electron chi connectivity index (χ0n) is 23.4. The molecule has 0 bridgehead atoms. The van der Waals surface area contributed by atoms with E-state index in [1.54, 1.807) is 47.6 Å². The number of hydrogen-bond acceptors (Lipinski definition) is 7. The van der Waals surface area contributed by atoms with E-state index < -0.39 is 75.9 Å². The molecule has 0 radical (unpaired) electrons. The van der Waals surface area contributed by atoms with Crippen LogP contribution in [-0.4, -0.2) is 58.3 Å². The molecular formula is C29H40FNO7. The quantitative estimate of drug-likeness (QED) is 0.524. The minimum Gasteiger partial charge on any atom is -0.458 e. The van der Waals surface area contributed by atoms with Gasteiger partial charge in [0.15, 0.2) is 23.7 Å². The number of nitrogens with one attached hydrogen (secondary N) is 1. The Kier molecular flexibility index (Phi) is 6.74. The van der Waals surface area contributed by atoms with Gasteiger partial charge in [0.2, 0.25) is 5.78 Å². The maximum Gasteiger partial charge on any atom is 0.408 e. The van der Waals surface area contributed by atoms with Gasteiger partial charge in [-0.2, -0.15) is 0 Å². The van der Waals surface area contributed by atoms with Gasteiger partial charge in [0.1, 0.15) is 0 Å². The van der Waals surface area contributed by atoms with E-state index >= 15 is 4.39 Å². The first-order chi connectivity index (χ1) is 17.4. The SMILES string of the molecule is CC(=O)OCC(=O)[C@@]1(OC(=O)NC(C)(C)C)[C@@H](C)C[C@H]2[C@@H]3CCC4=CC(=O)C=C[C@]4(C)[C@@]3(F)[C@@H](O)C[C@@]21C. The Morgan fingerprint density at radius 2 is 1.87 bits per heavy atom. The van der Waals surface area contributed by atoms with Crippen LogP contribution in [0.2, 0.25) is 0 Å². The molecule has 0 aliphatic heterocycles. The number of ether oxygens (including phenoxy) is 2. The molecule has 9 heteroatoms. The molecule has 4 aliphatic carbocycles. The van der Waals surface area contributed by atoms with E-state index in [2.05, 4.69) is 5.32 Å². The molecule has 38 heavy (non-hydrogen) atoms. The molecule has 0 aromatic rings. The normalized spacial score (nSPS) is 41.8. The molecule has 4 aliphatic rings. The molecule has 1 amide bonds. The zero-order valence-corrected chi connectivity index (χ0v) is 23.4. The minimum absolute atomic E-state index is 0.145. The Balaban J connectivity index is 1.81. The van der Waals surface area contributed by atoms with Crippen molar-refractivity contribution in [2.75, 3.05) is 6.61 Å². The Bertz CT molecular complexity index is 1120. The number of rotatable bonds is 4. The Labute approximate surface area is 223 Å². The summed E-state index contributed by atoms with van der Waals surface area (Å²) in [5.74, 6) is -3.04. The van der Waals surface area contributed by atoms with Crippen LogP contribution in [0, 0.1) is 28.6 Å². The van der Waals surface area contributed by atoms with Gasteiger partial charge in [-0.15, -0.1) is 0 Å². The fraction of sp³-hybridized carbons (Fsp3) is 0.724. The highest BCUT2D eigenvalue weighted by molar-refractivity contribution is 6.01. The predicted molar refractivity (Wildman–Crippen MR) is 137 cm³/mol. The van der Waals surface area contributed by atoms with E-state index in [0.717, 1.165) is 0 Å². The number of carbonyl (C=O) groups is 4. The summed E-state index contributed by atoms with van der Waals surface area (Å²) in [6.07, 6.45) is 3.21. The molecule has 0 unspecified atom stereocenters. The Morgan fingerprint density at radius 3 is 2.47 bits per heavy atom. The van der Waals surface area contributed by atoms with E-state index in [9.17, 15) is 24.3 Å². The number of aliphatic hydroxyl groups excluding tert-OH is 1. The van der Waals surface area contributed by atoms with Crippen molar-refractivity contribution < 1.29 is 38.1 Å². The number of fused-ring (bicyclic) bond motifs is 5. The standard InChI is InChI=1S/C29H40FNO7/c1-16-12-21-20-9-8-18-13-19(33)10-11-26(18,6)28(20,30)22(34)14-27(21,7)29(16,23(35)15-37-17(2)32)38-24(36)31-25(3,4)5/h10-11,13,16,20-22,34H,8-9,12,14-15H2,1-7H3,(H,31,36)/t16-,20-,21-,22-,26-,27-,28-,29-/m0/s1. The third-order valence-corrected chi connectivity index (χ3v) is 9.73. The van der Waals surface area contributed by atoms with Crippen molar-refractivity contribution in [1.29, 1.82) is 0 Å². The number of Topliss-reactive ketones (excluding diaryl/α,β-unsaturated/α-hetero) is 1. The Morgan fingerprint density at radius 1 is 1.21 bits per heavy atom. The molecule has 8 atom stereocenters. The second kappa shape index (κ2) is 9.00. The summed E-state index contributed by atoms with van der Waals surface area (Å²) >= 11 is 0. The molecule has 2 N–H and O–H groups in total. The van der Waals surface area contributed by atoms with E-state index in [-0.39, 0.29) is 12.2 Å². The highest BCUT2D eigenvalue weighted by atomic mass is 19.1. The molecule has 4 rings (SSSR count). The van der Waals surface area contributed by atoms with Crippen LogP contribution in [0.1, 0.15) is 74.1 Å². The molecule has 0 spiro atoms. The maximum absolute atomic E-state index is 17.5. The second-order valence-electron chi connectivity index (χ2n) is 13.1. The van der Waals surface area contributed by atoms with Gasteiger partial charge in [-0.05, 0) is 71.4 Å². The number of hydrogen-bond donors (Lipinski definition) is 2. The smallest absolute Gasteiger partial charge is 0.408 e. The first kappa shape index (κ1) is 28.5. The van der Waals surface area contributed by atoms with Crippen molar-refractivity contribution in [3.05, 3.63) is 23.8 Å². The van der Waals surface area contributed by atoms with Crippen LogP contribution in [0.25, 0.3) is 0 Å². The summed E-state index contributed by atoms with van der Waals surface area (Å²) in [6, 6.07) is 0. The topological polar surface area (TPSA) is 119 Å². The highest BCUT2D eigenvalue weighted by Gasteiger charge is 2.77. The average molecular weight is 534 g/mol. The largest absolute Gasteiger partial charge is 0.458 e. The van der Waals surface area contributed by atoms with Crippen LogP contribution >= 0.6 is 0 Å². The third kappa shape index (κ3) is 3.95. The monoisotopic (exact) mass is 533 g/mol. The van der Waals surface area contributed by atoms with Crippen molar-refractivity contribution in [3.63, 3.8) is 0 Å². The van der Waals surface area contributed by atoms with Gasteiger partial charge in [-0.3, -0.25) is 14.4 Å². The average Bonchev–Trinajstić information content (AvgIpc) is 2.99. The predicted octanol–water partition coefficient (Wildman–Crippen LogP) is 4.00. The van der Waals surface area contributed by atoms with Crippen LogP contribution in [0.4, 0.5) is 9.18 Å². The van der Waals surface area contributed by atoms with Crippen molar-refractivity contribution in [1.82, 2.24) is 5.32 Å². The fourth-order valence-corrected chi connectivity index (χ4v) is 8.15. The van der Waals surface area contributed by atoms with Gasteiger partial charge < -0.3 is 19.9 Å². The number of allylic oxidation sites excluding steroid dienone is 4. The number of carbonyl (C=O) groups excluding carboxylic acids is 4. The summed E-state index contributed by atoms with van der Waals surface area (Å²) in [4.78, 5) is 50.7. The van der Waals surface area contributed by atoms with Gasteiger partial charge in [0.05, 0.1) is 6.10 Å². The van der Waals surface area contributed by atoms with E-state index in [1.165, 1.54) is 19.1 Å². The molecule has 8 nitrogen and oxygen atoms in total. The molecule has 0 heterocycles. The highest BCUT2D eigenvalue weighted by Crippen LogP contribution is 2.71. The number of aliphatic hydroxyl groups is 1. The van der Waals surface area contributed by atoms with Crippen molar-refractivity contribution in [2.24, 2.45) is 28.6 Å². The lowest BCUT2D eigenvalue weighted by atomic mass is 9.44. The molecule has 210 valence electrons. The minimum atomic E-state index is -2.08. The van der Waals surface area contributed by atoms with E-state index in [4.69, 9.17) is 9.47 Å². The Hall–Kier alpha value is -2.55. The lowest BCUT2D eigenvalue weighted by molar-refractivity contribution is -0.219.